The smallest absolute Gasteiger partial charge is 0.240 e. The third kappa shape index (κ3) is 4.03. The lowest BCUT2D eigenvalue weighted by atomic mass is 10.0. The molecule has 0 aliphatic heterocycles. The summed E-state index contributed by atoms with van der Waals surface area (Å²) in [6, 6.07) is 13.7. The highest BCUT2D eigenvalue weighted by Crippen LogP contribution is 2.47. The normalized spacial score (nSPS) is 14.2. The first kappa shape index (κ1) is 19.9. The zero-order chi connectivity index (χ0) is 20.1. The third-order valence-corrected chi connectivity index (χ3v) is 5.47. The van der Waals surface area contributed by atoms with Crippen LogP contribution in [-0.2, 0) is 22.4 Å². The van der Waals surface area contributed by atoms with E-state index in [0.29, 0.717) is 25.8 Å². The summed E-state index contributed by atoms with van der Waals surface area (Å²) in [5.74, 6) is 0.417. The Labute approximate surface area is 166 Å². The molecule has 2 aromatic carbocycles. The van der Waals surface area contributed by atoms with E-state index >= 15 is 0 Å². The molecule has 0 heterocycles. The number of aryl methyl sites for hydroxylation is 2. The Balaban J connectivity index is 1.62. The van der Waals surface area contributed by atoms with Gasteiger partial charge in [-0.15, -0.1) is 0 Å². The number of hydrogen-bond donors (Lipinski definition) is 2. The second-order valence-electron chi connectivity index (χ2n) is 7.32. The van der Waals surface area contributed by atoms with Crippen molar-refractivity contribution in [2.24, 2.45) is 5.41 Å². The lowest BCUT2D eigenvalue weighted by Gasteiger charge is -2.18. The average Bonchev–Trinajstić information content (AvgIpc) is 3.52. The van der Waals surface area contributed by atoms with E-state index in [1.54, 1.807) is 7.11 Å². The van der Waals surface area contributed by atoms with E-state index < -0.39 is 5.41 Å². The van der Waals surface area contributed by atoms with Crippen molar-refractivity contribution in [1.82, 2.24) is 5.32 Å². The molecule has 0 aromatic heterocycles. The minimum Gasteiger partial charge on any atom is -0.496 e. The lowest BCUT2D eigenvalue weighted by Crippen LogP contribution is -2.41. The van der Waals surface area contributed by atoms with Crippen LogP contribution in [0.5, 0.6) is 5.75 Å². The maximum Gasteiger partial charge on any atom is 0.240 e. The number of rotatable bonds is 8. The van der Waals surface area contributed by atoms with Crippen LogP contribution < -0.4 is 15.4 Å². The van der Waals surface area contributed by atoms with Gasteiger partial charge in [0, 0.05) is 12.2 Å². The van der Waals surface area contributed by atoms with Gasteiger partial charge in [0.1, 0.15) is 11.2 Å². The number of amides is 2. The first-order valence-corrected chi connectivity index (χ1v) is 9.82. The van der Waals surface area contributed by atoms with Crippen LogP contribution in [0.3, 0.4) is 0 Å². The molecule has 0 radical (unpaired) electrons. The van der Waals surface area contributed by atoms with Crippen molar-refractivity contribution in [3.63, 3.8) is 0 Å². The van der Waals surface area contributed by atoms with Crippen molar-refractivity contribution in [3.8, 4) is 5.75 Å². The van der Waals surface area contributed by atoms with Crippen LogP contribution in [0.1, 0.15) is 36.5 Å². The van der Waals surface area contributed by atoms with Gasteiger partial charge in [-0.2, -0.15) is 0 Å². The molecule has 0 unspecified atom stereocenters. The number of ether oxygens (including phenoxy) is 1. The van der Waals surface area contributed by atoms with Crippen LogP contribution in [0.25, 0.3) is 0 Å². The molecule has 0 saturated heterocycles. The molecule has 5 nitrogen and oxygen atoms in total. The molecular weight excluding hydrogens is 352 g/mol. The van der Waals surface area contributed by atoms with Crippen LogP contribution in [0, 0.1) is 12.3 Å². The van der Waals surface area contributed by atoms with E-state index in [2.05, 4.69) is 17.6 Å². The fourth-order valence-electron chi connectivity index (χ4n) is 3.51. The van der Waals surface area contributed by atoms with Gasteiger partial charge in [-0.25, -0.2) is 0 Å². The van der Waals surface area contributed by atoms with E-state index in [0.717, 1.165) is 34.5 Å². The van der Waals surface area contributed by atoms with Crippen molar-refractivity contribution < 1.29 is 14.3 Å². The molecule has 28 heavy (non-hydrogen) atoms. The lowest BCUT2D eigenvalue weighted by molar-refractivity contribution is -0.134. The second-order valence-corrected chi connectivity index (χ2v) is 7.32. The summed E-state index contributed by atoms with van der Waals surface area (Å²) in [7, 11) is 1.64. The number of hydrogen-bond acceptors (Lipinski definition) is 3. The summed E-state index contributed by atoms with van der Waals surface area (Å²) in [4.78, 5) is 25.6. The fraction of sp³-hybridized carbons (Fsp3) is 0.391. The minimum absolute atomic E-state index is 0.188. The molecule has 1 saturated carbocycles. The van der Waals surface area contributed by atoms with Crippen molar-refractivity contribution in [2.75, 3.05) is 19.0 Å². The van der Waals surface area contributed by atoms with Crippen LogP contribution in [0.15, 0.2) is 42.5 Å². The van der Waals surface area contributed by atoms with Crippen LogP contribution >= 0.6 is 0 Å². The maximum atomic E-state index is 12.9. The van der Waals surface area contributed by atoms with Gasteiger partial charge < -0.3 is 15.4 Å². The highest BCUT2D eigenvalue weighted by atomic mass is 16.5. The number of benzene rings is 2. The highest BCUT2D eigenvalue weighted by Gasteiger charge is 2.56. The van der Waals surface area contributed by atoms with Gasteiger partial charge >= 0.3 is 0 Å². The Hall–Kier alpha value is -2.82. The third-order valence-electron chi connectivity index (χ3n) is 5.47. The Morgan fingerprint density at radius 1 is 1.04 bits per heavy atom. The van der Waals surface area contributed by atoms with E-state index in [9.17, 15) is 9.59 Å². The summed E-state index contributed by atoms with van der Waals surface area (Å²) in [6.07, 6.45) is 2.67. The van der Waals surface area contributed by atoms with E-state index in [1.165, 1.54) is 0 Å². The molecule has 2 amide bonds. The number of carbonyl (C=O) groups excluding carboxylic acids is 2. The number of para-hydroxylation sites is 2. The molecule has 1 fully saturated rings. The monoisotopic (exact) mass is 380 g/mol. The Kier molecular flexibility index (Phi) is 6.02. The van der Waals surface area contributed by atoms with E-state index in [4.69, 9.17) is 4.74 Å². The topological polar surface area (TPSA) is 67.4 Å². The first-order valence-electron chi connectivity index (χ1n) is 9.82. The van der Waals surface area contributed by atoms with Crippen LogP contribution in [0.4, 0.5) is 5.69 Å². The molecule has 1 aliphatic rings. The molecule has 148 valence electrons. The van der Waals surface area contributed by atoms with E-state index in [1.807, 2.05) is 49.4 Å². The predicted molar refractivity (Wildman–Crippen MR) is 111 cm³/mol. The molecular formula is C23H28N2O3. The highest BCUT2D eigenvalue weighted by molar-refractivity contribution is 6.13. The van der Waals surface area contributed by atoms with Crippen molar-refractivity contribution >= 4 is 17.5 Å². The van der Waals surface area contributed by atoms with Gasteiger partial charge in [0.15, 0.2) is 0 Å². The molecule has 2 aromatic rings. The standard InChI is InChI=1S/C23H28N2O3/c1-4-17-10-7-8-16(2)20(17)25-22(27)23(13-14-23)21(26)24-15-12-18-9-5-6-11-19(18)28-3/h5-11H,4,12-15H2,1-3H3,(H,24,26)(H,25,27). The Bertz CT molecular complexity index is 872. The fourth-order valence-corrected chi connectivity index (χ4v) is 3.51. The van der Waals surface area contributed by atoms with Gasteiger partial charge in [-0.05, 0) is 55.4 Å². The van der Waals surface area contributed by atoms with Crippen molar-refractivity contribution in [3.05, 3.63) is 59.2 Å². The quantitative estimate of drug-likeness (QED) is 0.687. The Morgan fingerprint density at radius 2 is 1.75 bits per heavy atom. The van der Waals surface area contributed by atoms with Crippen LogP contribution in [-0.4, -0.2) is 25.5 Å². The van der Waals surface area contributed by atoms with Crippen molar-refractivity contribution in [2.45, 2.75) is 39.5 Å². The average molecular weight is 380 g/mol. The largest absolute Gasteiger partial charge is 0.496 e. The van der Waals surface area contributed by atoms with Gasteiger partial charge in [0.05, 0.1) is 7.11 Å². The second kappa shape index (κ2) is 8.46. The zero-order valence-corrected chi connectivity index (χ0v) is 16.8. The van der Waals surface area contributed by atoms with Gasteiger partial charge in [0.25, 0.3) is 0 Å². The predicted octanol–water partition coefficient (Wildman–Crippen LogP) is 3.64. The molecule has 3 rings (SSSR count). The van der Waals surface area contributed by atoms with Crippen molar-refractivity contribution in [1.29, 1.82) is 0 Å². The first-order chi connectivity index (χ1) is 13.5. The molecule has 1 aliphatic carbocycles. The summed E-state index contributed by atoms with van der Waals surface area (Å²) >= 11 is 0. The van der Waals surface area contributed by atoms with Gasteiger partial charge in [-0.3, -0.25) is 9.59 Å². The SMILES string of the molecule is CCc1cccc(C)c1NC(=O)C1(C(=O)NCCc2ccccc2OC)CC1. The molecule has 0 bridgehead atoms. The summed E-state index contributed by atoms with van der Waals surface area (Å²) in [5.41, 5.74) is 3.03. The maximum absolute atomic E-state index is 12.9. The summed E-state index contributed by atoms with van der Waals surface area (Å²) in [6.45, 7) is 4.50. The summed E-state index contributed by atoms with van der Waals surface area (Å²) < 4.78 is 5.34. The molecule has 0 spiro atoms. The molecule has 2 N–H and O–H groups in total. The number of carbonyl (C=O) groups is 2. The van der Waals surface area contributed by atoms with E-state index in [-0.39, 0.29) is 11.8 Å². The minimum atomic E-state index is -0.936. The van der Waals surface area contributed by atoms with Gasteiger partial charge in [-0.1, -0.05) is 43.3 Å². The summed E-state index contributed by atoms with van der Waals surface area (Å²) in [5, 5.41) is 5.96. The molecule has 0 atom stereocenters. The number of anilines is 1. The van der Waals surface area contributed by atoms with Gasteiger partial charge in [0.2, 0.25) is 11.8 Å². The molecule has 5 heteroatoms. The zero-order valence-electron chi connectivity index (χ0n) is 16.8. The Morgan fingerprint density at radius 3 is 2.43 bits per heavy atom. The van der Waals surface area contributed by atoms with Crippen LogP contribution in [0.2, 0.25) is 0 Å². The number of nitrogens with one attached hydrogen (secondary N) is 2. The number of methoxy groups -OCH3 is 1.